The van der Waals surface area contributed by atoms with Crippen LogP contribution in [0.1, 0.15) is 16.9 Å². The standard InChI is InChI=1S/C22H24ClNO3/c1-17-4-6-18(7-5-17)13-24(15-22-3-2-12-26-22)14-20(25)16-27-21-10-8-19(23)9-11-21/h2-12,20,25H,13-16H2,1H3. The van der Waals surface area contributed by atoms with Crippen LogP contribution in [-0.4, -0.2) is 29.3 Å². The van der Waals surface area contributed by atoms with Gasteiger partial charge in [-0.2, -0.15) is 0 Å². The van der Waals surface area contributed by atoms with Gasteiger partial charge >= 0.3 is 0 Å². The number of furan rings is 1. The smallest absolute Gasteiger partial charge is 0.119 e. The van der Waals surface area contributed by atoms with Gasteiger partial charge in [0, 0.05) is 18.1 Å². The highest BCUT2D eigenvalue weighted by Gasteiger charge is 2.15. The number of rotatable bonds is 9. The molecule has 0 spiro atoms. The predicted molar refractivity (Wildman–Crippen MR) is 107 cm³/mol. The maximum Gasteiger partial charge on any atom is 0.119 e. The highest BCUT2D eigenvalue weighted by Crippen LogP contribution is 2.16. The second-order valence-electron chi connectivity index (χ2n) is 6.65. The van der Waals surface area contributed by atoms with Crippen molar-refractivity contribution in [3.8, 4) is 5.75 Å². The molecule has 0 amide bonds. The van der Waals surface area contributed by atoms with Crippen molar-refractivity contribution >= 4 is 11.6 Å². The van der Waals surface area contributed by atoms with Gasteiger partial charge in [0.2, 0.25) is 0 Å². The molecule has 3 rings (SSSR count). The van der Waals surface area contributed by atoms with E-state index in [1.165, 1.54) is 11.1 Å². The topological polar surface area (TPSA) is 45.8 Å². The Morgan fingerprint density at radius 1 is 1.04 bits per heavy atom. The fourth-order valence-electron chi connectivity index (χ4n) is 2.83. The average Bonchev–Trinajstić information content (AvgIpc) is 3.16. The Hall–Kier alpha value is -2.27. The number of aliphatic hydroxyl groups is 1. The van der Waals surface area contributed by atoms with Crippen LogP contribution >= 0.6 is 11.6 Å². The summed E-state index contributed by atoms with van der Waals surface area (Å²) >= 11 is 5.88. The molecule has 0 bridgehead atoms. The molecule has 0 aliphatic rings. The largest absolute Gasteiger partial charge is 0.491 e. The van der Waals surface area contributed by atoms with Crippen molar-refractivity contribution in [3.05, 3.63) is 88.8 Å². The molecule has 2 aromatic carbocycles. The van der Waals surface area contributed by atoms with Gasteiger partial charge in [-0.25, -0.2) is 0 Å². The van der Waals surface area contributed by atoms with Crippen molar-refractivity contribution in [1.29, 1.82) is 0 Å². The van der Waals surface area contributed by atoms with E-state index >= 15 is 0 Å². The minimum Gasteiger partial charge on any atom is -0.491 e. The van der Waals surface area contributed by atoms with Crippen molar-refractivity contribution in [2.45, 2.75) is 26.1 Å². The van der Waals surface area contributed by atoms with Crippen LogP contribution in [-0.2, 0) is 13.1 Å². The Labute approximate surface area is 165 Å². The molecule has 0 fully saturated rings. The summed E-state index contributed by atoms with van der Waals surface area (Å²) in [6.07, 6.45) is 1.04. The molecule has 3 aromatic rings. The number of hydrogen-bond donors (Lipinski definition) is 1. The molecule has 4 nitrogen and oxygen atoms in total. The highest BCUT2D eigenvalue weighted by molar-refractivity contribution is 6.30. The normalized spacial score (nSPS) is 12.3. The van der Waals surface area contributed by atoms with E-state index < -0.39 is 6.10 Å². The van der Waals surface area contributed by atoms with Gasteiger partial charge in [-0.15, -0.1) is 0 Å². The third kappa shape index (κ3) is 6.43. The fourth-order valence-corrected chi connectivity index (χ4v) is 2.96. The number of halogens is 1. The van der Waals surface area contributed by atoms with Crippen LogP contribution in [0.25, 0.3) is 0 Å². The van der Waals surface area contributed by atoms with Crippen LogP contribution in [0.5, 0.6) is 5.75 Å². The van der Waals surface area contributed by atoms with E-state index in [2.05, 4.69) is 36.1 Å². The zero-order chi connectivity index (χ0) is 19.1. The quantitative estimate of drug-likeness (QED) is 0.580. The molecule has 27 heavy (non-hydrogen) atoms. The Morgan fingerprint density at radius 3 is 2.44 bits per heavy atom. The van der Waals surface area contributed by atoms with Crippen LogP contribution in [0.2, 0.25) is 5.02 Å². The van der Waals surface area contributed by atoms with Crippen molar-refractivity contribution < 1.29 is 14.3 Å². The van der Waals surface area contributed by atoms with Crippen molar-refractivity contribution in [2.24, 2.45) is 0 Å². The molecular formula is C22H24ClNO3. The van der Waals surface area contributed by atoms with E-state index in [9.17, 15) is 5.11 Å². The molecule has 1 unspecified atom stereocenters. The fraction of sp³-hybridized carbons (Fsp3) is 0.273. The minimum absolute atomic E-state index is 0.212. The van der Waals surface area contributed by atoms with E-state index in [1.54, 1.807) is 30.5 Å². The Kier molecular flexibility index (Phi) is 6.93. The van der Waals surface area contributed by atoms with E-state index in [1.807, 2.05) is 12.1 Å². The molecule has 1 N–H and O–H groups in total. The summed E-state index contributed by atoms with van der Waals surface area (Å²) in [6, 6.07) is 19.4. The van der Waals surface area contributed by atoms with E-state index in [0.717, 1.165) is 12.3 Å². The average molecular weight is 386 g/mol. The summed E-state index contributed by atoms with van der Waals surface area (Å²) in [6.45, 7) is 4.10. The summed E-state index contributed by atoms with van der Waals surface area (Å²) in [5.74, 6) is 1.56. The maximum absolute atomic E-state index is 10.5. The van der Waals surface area contributed by atoms with Gasteiger partial charge in [0.05, 0.1) is 12.8 Å². The minimum atomic E-state index is -0.624. The van der Waals surface area contributed by atoms with Gasteiger partial charge < -0.3 is 14.3 Å². The Morgan fingerprint density at radius 2 is 1.78 bits per heavy atom. The van der Waals surface area contributed by atoms with E-state index in [0.29, 0.717) is 23.9 Å². The number of benzene rings is 2. The van der Waals surface area contributed by atoms with Gasteiger partial charge in [-0.05, 0) is 48.9 Å². The number of ether oxygens (including phenoxy) is 1. The molecule has 142 valence electrons. The highest BCUT2D eigenvalue weighted by atomic mass is 35.5. The van der Waals surface area contributed by atoms with Crippen LogP contribution in [0, 0.1) is 6.92 Å². The second-order valence-corrected chi connectivity index (χ2v) is 7.09. The van der Waals surface area contributed by atoms with Gasteiger partial charge in [-0.1, -0.05) is 41.4 Å². The third-order valence-electron chi connectivity index (χ3n) is 4.21. The predicted octanol–water partition coefficient (Wildman–Crippen LogP) is 4.68. The lowest BCUT2D eigenvalue weighted by Gasteiger charge is -2.24. The first-order chi connectivity index (χ1) is 13.1. The molecule has 0 saturated heterocycles. The number of hydrogen-bond acceptors (Lipinski definition) is 4. The summed E-state index contributed by atoms with van der Waals surface area (Å²) in [4.78, 5) is 2.15. The monoisotopic (exact) mass is 385 g/mol. The second kappa shape index (κ2) is 9.60. The molecule has 0 aliphatic carbocycles. The molecule has 0 aliphatic heterocycles. The summed E-state index contributed by atoms with van der Waals surface area (Å²) in [5.41, 5.74) is 2.42. The van der Waals surface area contributed by atoms with Crippen LogP contribution in [0.4, 0.5) is 0 Å². The zero-order valence-corrected chi connectivity index (χ0v) is 16.1. The SMILES string of the molecule is Cc1ccc(CN(Cc2ccco2)CC(O)COc2ccc(Cl)cc2)cc1. The first kappa shape index (κ1) is 19.5. The first-order valence-electron chi connectivity index (χ1n) is 8.95. The lowest BCUT2D eigenvalue weighted by Crippen LogP contribution is -2.35. The van der Waals surface area contributed by atoms with Crippen LogP contribution in [0.15, 0.2) is 71.3 Å². The molecule has 1 heterocycles. The number of aryl methyl sites for hydroxylation is 1. The zero-order valence-electron chi connectivity index (χ0n) is 15.3. The number of aliphatic hydroxyl groups excluding tert-OH is 1. The van der Waals surface area contributed by atoms with E-state index in [4.69, 9.17) is 20.8 Å². The number of nitrogens with zero attached hydrogens (tertiary/aromatic N) is 1. The molecule has 1 aromatic heterocycles. The van der Waals surface area contributed by atoms with Gasteiger partial charge in [0.15, 0.2) is 0 Å². The lowest BCUT2D eigenvalue weighted by molar-refractivity contribution is 0.0604. The Bertz CT molecular complexity index is 801. The maximum atomic E-state index is 10.5. The van der Waals surface area contributed by atoms with Crippen molar-refractivity contribution in [1.82, 2.24) is 4.90 Å². The molecule has 5 heteroatoms. The summed E-state index contributed by atoms with van der Waals surface area (Å²) in [5, 5.41) is 11.1. The molecular weight excluding hydrogens is 362 g/mol. The first-order valence-corrected chi connectivity index (χ1v) is 9.33. The third-order valence-corrected chi connectivity index (χ3v) is 4.46. The van der Waals surface area contributed by atoms with Gasteiger partial charge in [0.25, 0.3) is 0 Å². The summed E-state index contributed by atoms with van der Waals surface area (Å²) < 4.78 is 11.1. The van der Waals surface area contributed by atoms with Crippen LogP contribution < -0.4 is 4.74 Å². The Balaban J connectivity index is 1.59. The molecule has 1 atom stereocenters. The van der Waals surface area contributed by atoms with Crippen LogP contribution in [0.3, 0.4) is 0 Å². The molecule has 0 saturated carbocycles. The van der Waals surface area contributed by atoms with Gasteiger partial charge in [-0.3, -0.25) is 4.90 Å². The van der Waals surface area contributed by atoms with Crippen molar-refractivity contribution in [3.63, 3.8) is 0 Å². The van der Waals surface area contributed by atoms with E-state index in [-0.39, 0.29) is 6.61 Å². The van der Waals surface area contributed by atoms with Crippen molar-refractivity contribution in [2.75, 3.05) is 13.2 Å². The summed E-state index contributed by atoms with van der Waals surface area (Å²) in [7, 11) is 0. The van der Waals surface area contributed by atoms with Gasteiger partial charge in [0.1, 0.15) is 24.2 Å². The molecule has 0 radical (unpaired) electrons. The lowest BCUT2D eigenvalue weighted by atomic mass is 10.1.